The van der Waals surface area contributed by atoms with Gasteiger partial charge in [0.15, 0.2) is 0 Å². The maximum Gasteiger partial charge on any atom is 0.241 e. The van der Waals surface area contributed by atoms with E-state index in [1.54, 1.807) is 26.0 Å². The number of nitrogens with one attached hydrogen (secondary N) is 2. The van der Waals surface area contributed by atoms with E-state index in [-0.39, 0.29) is 0 Å². The number of nitrogens with zero attached hydrogens (tertiary/aromatic N) is 1. The third-order valence-corrected chi connectivity index (χ3v) is 5.24. The zero-order valence-electron chi connectivity index (χ0n) is 12.1. The van der Waals surface area contributed by atoms with Gasteiger partial charge in [0.1, 0.15) is 12.4 Å². The summed E-state index contributed by atoms with van der Waals surface area (Å²) in [6.07, 6.45) is 6.28. The number of sulfonamides is 1. The number of aromatic nitrogens is 2. The molecular weight excluding hydrogens is 310 g/mol. The first kappa shape index (κ1) is 16.0. The number of H-pyrrole nitrogens is 1. The monoisotopic (exact) mass is 328 g/mol. The number of hydrogen-bond acceptors (Lipinski definition) is 2. The van der Waals surface area contributed by atoms with Gasteiger partial charge in [-0.2, -0.15) is 0 Å². The molecule has 1 heterocycles. The summed E-state index contributed by atoms with van der Waals surface area (Å²) in [5.74, 6) is 0. The second-order valence-electron chi connectivity index (χ2n) is 4.97. The quantitative estimate of drug-likeness (QED) is 0.628. The minimum absolute atomic E-state index is 0.290. The summed E-state index contributed by atoms with van der Waals surface area (Å²) in [6.45, 7) is 4.69. The van der Waals surface area contributed by atoms with E-state index >= 15 is 0 Å². The molecule has 0 saturated carbocycles. The van der Waals surface area contributed by atoms with Gasteiger partial charge in [0, 0.05) is 11.6 Å². The standard InChI is InChI=1S/C14H18ClN3O2S/c1-11-9-14(12(2)8-13(11)15)21(19,20)17-4-3-6-18-7-5-16-10-18/h5,7-10,17H,3-4,6H2,1-2H3/p+1. The first-order valence-corrected chi connectivity index (χ1v) is 8.54. The van der Waals surface area contributed by atoms with Crippen LogP contribution in [-0.4, -0.2) is 19.9 Å². The lowest BCUT2D eigenvalue weighted by atomic mass is 10.2. The lowest BCUT2D eigenvalue weighted by Crippen LogP contribution is -2.34. The molecule has 0 radical (unpaired) electrons. The van der Waals surface area contributed by atoms with Crippen LogP contribution in [0.5, 0.6) is 0 Å². The molecule has 0 aliphatic carbocycles. The molecule has 0 amide bonds. The number of hydrogen-bond donors (Lipinski definition) is 2. The molecule has 2 aromatic rings. The molecule has 5 nitrogen and oxygen atoms in total. The Kier molecular flexibility index (Phi) is 5.03. The van der Waals surface area contributed by atoms with Crippen LogP contribution in [0.3, 0.4) is 0 Å². The van der Waals surface area contributed by atoms with E-state index in [1.807, 2.05) is 23.3 Å². The van der Waals surface area contributed by atoms with E-state index in [9.17, 15) is 8.42 Å². The van der Waals surface area contributed by atoms with Crippen molar-refractivity contribution in [3.05, 3.63) is 47.0 Å². The summed E-state index contributed by atoms with van der Waals surface area (Å²) in [7, 11) is -3.50. The summed E-state index contributed by atoms with van der Waals surface area (Å²) in [5.41, 5.74) is 1.41. The molecule has 7 heteroatoms. The molecule has 0 aliphatic rings. The zero-order chi connectivity index (χ0) is 15.5. The van der Waals surface area contributed by atoms with Gasteiger partial charge in [0.05, 0.1) is 11.4 Å². The molecule has 0 fully saturated rings. The lowest BCUT2D eigenvalue weighted by Gasteiger charge is -2.11. The molecule has 0 atom stereocenters. The van der Waals surface area contributed by atoms with Gasteiger partial charge in [-0.1, -0.05) is 11.6 Å². The van der Waals surface area contributed by atoms with Gasteiger partial charge in [-0.05, 0) is 43.5 Å². The van der Waals surface area contributed by atoms with Crippen molar-refractivity contribution in [2.75, 3.05) is 6.54 Å². The Morgan fingerprint density at radius 3 is 2.71 bits per heavy atom. The number of benzene rings is 1. The lowest BCUT2D eigenvalue weighted by molar-refractivity contribution is -0.695. The van der Waals surface area contributed by atoms with Crippen LogP contribution in [0.25, 0.3) is 0 Å². The fourth-order valence-corrected chi connectivity index (χ4v) is 3.65. The van der Waals surface area contributed by atoms with Crippen molar-refractivity contribution >= 4 is 21.6 Å². The summed E-state index contributed by atoms with van der Waals surface area (Å²) < 4.78 is 29.2. The fourth-order valence-electron chi connectivity index (χ4n) is 2.05. The second kappa shape index (κ2) is 6.60. The van der Waals surface area contributed by atoms with Crippen LogP contribution in [-0.2, 0) is 16.6 Å². The Morgan fingerprint density at radius 1 is 1.29 bits per heavy atom. The van der Waals surface area contributed by atoms with Crippen LogP contribution < -0.4 is 9.29 Å². The molecule has 1 aromatic carbocycles. The number of halogens is 1. The third kappa shape index (κ3) is 4.06. The molecule has 0 bridgehead atoms. The summed E-state index contributed by atoms with van der Waals surface area (Å²) in [5, 5.41) is 0.579. The van der Waals surface area contributed by atoms with Crippen molar-refractivity contribution in [1.82, 2.24) is 9.71 Å². The predicted molar refractivity (Wildman–Crippen MR) is 81.7 cm³/mol. The second-order valence-corrected chi connectivity index (χ2v) is 7.11. The van der Waals surface area contributed by atoms with Crippen molar-refractivity contribution in [2.24, 2.45) is 0 Å². The highest BCUT2D eigenvalue weighted by molar-refractivity contribution is 7.89. The Bertz CT molecular complexity index is 712. The number of imidazole rings is 1. The fraction of sp³-hybridized carbons (Fsp3) is 0.357. The minimum atomic E-state index is -3.50. The van der Waals surface area contributed by atoms with Crippen molar-refractivity contribution < 1.29 is 13.0 Å². The topological polar surface area (TPSA) is 65.8 Å². The van der Waals surface area contributed by atoms with Gasteiger partial charge >= 0.3 is 0 Å². The number of rotatable bonds is 6. The van der Waals surface area contributed by atoms with E-state index < -0.39 is 10.0 Å². The van der Waals surface area contributed by atoms with Crippen LogP contribution in [0, 0.1) is 13.8 Å². The minimum Gasteiger partial charge on any atom is -0.250 e. The van der Waals surface area contributed by atoms with Gasteiger partial charge in [-0.25, -0.2) is 17.7 Å². The largest absolute Gasteiger partial charge is 0.250 e. The number of aromatic amines is 1. The SMILES string of the molecule is Cc1cc(S(=O)(=O)NCCC[n+]2cc[nH]c2)c(C)cc1Cl. The molecule has 21 heavy (non-hydrogen) atoms. The Hall–Kier alpha value is -1.37. The van der Waals surface area contributed by atoms with Crippen molar-refractivity contribution in [1.29, 1.82) is 0 Å². The highest BCUT2D eigenvalue weighted by Gasteiger charge is 2.17. The highest BCUT2D eigenvalue weighted by Crippen LogP contribution is 2.23. The van der Waals surface area contributed by atoms with Crippen molar-refractivity contribution in [2.45, 2.75) is 31.7 Å². The van der Waals surface area contributed by atoms with Gasteiger partial charge in [-0.15, -0.1) is 0 Å². The number of aryl methyl sites for hydroxylation is 3. The summed E-state index contributed by atoms with van der Waals surface area (Å²) in [4.78, 5) is 3.23. The van der Waals surface area contributed by atoms with Crippen LogP contribution >= 0.6 is 11.6 Å². The van der Waals surface area contributed by atoms with E-state index in [2.05, 4.69) is 9.71 Å². The molecule has 114 valence electrons. The Labute approximate surface area is 130 Å². The Balaban J connectivity index is 2.00. The molecule has 1 aromatic heterocycles. The predicted octanol–water partition coefficient (Wildman–Crippen LogP) is 1.94. The molecule has 0 spiro atoms. The average molecular weight is 329 g/mol. The van der Waals surface area contributed by atoms with Gasteiger partial charge in [-0.3, -0.25) is 4.98 Å². The van der Waals surface area contributed by atoms with E-state index in [4.69, 9.17) is 11.6 Å². The zero-order valence-corrected chi connectivity index (χ0v) is 13.6. The van der Waals surface area contributed by atoms with Crippen molar-refractivity contribution in [3.8, 4) is 0 Å². The van der Waals surface area contributed by atoms with Crippen LogP contribution in [0.1, 0.15) is 17.5 Å². The first-order valence-electron chi connectivity index (χ1n) is 6.68. The maximum absolute atomic E-state index is 12.3. The molecule has 0 saturated heterocycles. The normalized spacial score (nSPS) is 11.8. The molecular formula is C14H19ClN3O2S+. The van der Waals surface area contributed by atoms with Gasteiger partial charge in [0.25, 0.3) is 0 Å². The maximum atomic E-state index is 12.3. The highest BCUT2D eigenvalue weighted by atomic mass is 35.5. The molecule has 0 aliphatic heterocycles. The van der Waals surface area contributed by atoms with E-state index in [0.717, 1.165) is 12.1 Å². The third-order valence-electron chi connectivity index (χ3n) is 3.23. The van der Waals surface area contributed by atoms with E-state index in [0.29, 0.717) is 28.4 Å². The summed E-state index contributed by atoms with van der Waals surface area (Å²) in [6, 6.07) is 3.29. The van der Waals surface area contributed by atoms with Gasteiger partial charge < -0.3 is 0 Å². The first-order chi connectivity index (χ1) is 9.90. The van der Waals surface area contributed by atoms with Crippen molar-refractivity contribution in [3.63, 3.8) is 0 Å². The summed E-state index contributed by atoms with van der Waals surface area (Å²) >= 11 is 6.00. The Morgan fingerprint density at radius 2 is 2.05 bits per heavy atom. The van der Waals surface area contributed by atoms with Crippen LogP contribution in [0.15, 0.2) is 35.7 Å². The van der Waals surface area contributed by atoms with Crippen LogP contribution in [0.4, 0.5) is 0 Å². The molecule has 0 unspecified atom stereocenters. The molecule has 2 rings (SSSR count). The van der Waals surface area contributed by atoms with Gasteiger partial charge in [0.2, 0.25) is 16.4 Å². The molecule has 2 N–H and O–H groups in total. The smallest absolute Gasteiger partial charge is 0.241 e. The van der Waals surface area contributed by atoms with Crippen LogP contribution in [0.2, 0.25) is 5.02 Å². The van der Waals surface area contributed by atoms with E-state index in [1.165, 1.54) is 0 Å². The average Bonchev–Trinajstić information content (AvgIpc) is 2.92.